The molecule has 0 aliphatic rings. The summed E-state index contributed by atoms with van der Waals surface area (Å²) in [5, 5.41) is 15.3. The molecule has 0 fully saturated rings. The van der Waals surface area contributed by atoms with E-state index in [4.69, 9.17) is 4.42 Å². The normalized spacial score (nSPS) is 12.2. The number of benzene rings is 9. The predicted octanol–water partition coefficient (Wildman–Crippen LogP) is 13.9. The van der Waals surface area contributed by atoms with Gasteiger partial charge >= 0.3 is 0 Å². The lowest BCUT2D eigenvalue weighted by Crippen LogP contribution is -1.85. The van der Waals surface area contributed by atoms with E-state index in [-0.39, 0.29) is 0 Å². The van der Waals surface area contributed by atoms with Crippen LogP contribution in [0.2, 0.25) is 0 Å². The lowest BCUT2D eigenvalue weighted by Gasteiger charge is -2.13. The van der Waals surface area contributed by atoms with Crippen molar-refractivity contribution in [3.8, 4) is 22.3 Å². The molecule has 0 bridgehead atoms. The highest BCUT2D eigenvalue weighted by Gasteiger charge is 2.16. The number of furan rings is 1. The van der Waals surface area contributed by atoms with Crippen LogP contribution in [0.1, 0.15) is 0 Å². The summed E-state index contributed by atoms with van der Waals surface area (Å²) in [6.45, 7) is 0. The van der Waals surface area contributed by atoms with E-state index < -0.39 is 0 Å². The minimum Gasteiger partial charge on any atom is -0.456 e. The van der Waals surface area contributed by atoms with Crippen LogP contribution in [-0.4, -0.2) is 0 Å². The van der Waals surface area contributed by atoms with E-state index in [1.165, 1.54) is 80.0 Å². The Balaban J connectivity index is 1.08. The summed E-state index contributed by atoms with van der Waals surface area (Å²) < 4.78 is 9.28. The molecule has 48 heavy (non-hydrogen) atoms. The summed E-state index contributed by atoms with van der Waals surface area (Å²) in [5.41, 5.74) is 6.56. The van der Waals surface area contributed by atoms with Crippen molar-refractivity contribution in [2.75, 3.05) is 0 Å². The zero-order chi connectivity index (χ0) is 31.3. The molecule has 2 heteroatoms. The van der Waals surface area contributed by atoms with Crippen LogP contribution < -0.4 is 0 Å². The van der Waals surface area contributed by atoms with Crippen LogP contribution >= 0.6 is 11.3 Å². The van der Waals surface area contributed by atoms with Gasteiger partial charge in [-0.05, 0) is 96.4 Å². The van der Waals surface area contributed by atoms with Gasteiger partial charge in [0, 0.05) is 36.3 Å². The smallest absolute Gasteiger partial charge is 0.136 e. The summed E-state index contributed by atoms with van der Waals surface area (Å²) in [4.78, 5) is 0. The first-order valence-corrected chi connectivity index (χ1v) is 17.2. The molecular formula is C46H26OS. The third-order valence-electron chi connectivity index (χ3n) is 10.3. The summed E-state index contributed by atoms with van der Waals surface area (Å²) >= 11 is 1.91. The average molecular weight is 627 g/mol. The summed E-state index contributed by atoms with van der Waals surface area (Å²) in [6, 6.07) is 57.6. The Bertz CT molecular complexity index is 3100. The van der Waals surface area contributed by atoms with Gasteiger partial charge in [-0.15, -0.1) is 11.3 Å². The van der Waals surface area contributed by atoms with Gasteiger partial charge in [0.25, 0.3) is 0 Å². The van der Waals surface area contributed by atoms with Gasteiger partial charge in [-0.3, -0.25) is 0 Å². The van der Waals surface area contributed by atoms with Gasteiger partial charge < -0.3 is 4.42 Å². The molecule has 0 spiro atoms. The Labute approximate surface area is 279 Å². The maximum Gasteiger partial charge on any atom is 0.136 e. The van der Waals surface area contributed by atoms with E-state index in [0.717, 1.165) is 27.5 Å². The second-order valence-electron chi connectivity index (χ2n) is 12.8. The highest BCUT2D eigenvalue weighted by Crippen LogP contribution is 2.45. The number of rotatable bonds is 2. The van der Waals surface area contributed by atoms with Gasteiger partial charge in [0.1, 0.15) is 11.2 Å². The molecule has 9 aromatic carbocycles. The van der Waals surface area contributed by atoms with Crippen molar-refractivity contribution in [3.63, 3.8) is 0 Å². The summed E-state index contributed by atoms with van der Waals surface area (Å²) in [5.74, 6) is 0. The standard InChI is InChI=1S/C46H26OS/c1-2-10-31-27(8-1)9-7-14-32(31)30-18-21-36-35-20-17-29(25-42(35)47-43(36)26-30)28-16-19-34-39-22-23-40-37-12-5-6-15-44(37)48-46(40)45(39)38-13-4-3-11-33(38)41(34)24-28/h1-26H. The van der Waals surface area contributed by atoms with Crippen LogP contribution in [0.25, 0.3) is 107 Å². The monoisotopic (exact) mass is 626 g/mol. The second kappa shape index (κ2) is 9.78. The fourth-order valence-electron chi connectivity index (χ4n) is 8.00. The molecular weight excluding hydrogens is 601 g/mol. The molecule has 11 aromatic rings. The molecule has 222 valence electrons. The minimum absolute atomic E-state index is 0.910. The lowest BCUT2D eigenvalue weighted by atomic mass is 9.91. The van der Waals surface area contributed by atoms with Crippen molar-refractivity contribution >= 4 is 96.5 Å². The Kier molecular flexibility index (Phi) is 5.32. The molecule has 0 radical (unpaired) electrons. The highest BCUT2D eigenvalue weighted by atomic mass is 32.1. The van der Waals surface area contributed by atoms with Crippen molar-refractivity contribution in [1.29, 1.82) is 0 Å². The van der Waals surface area contributed by atoms with Gasteiger partial charge in [0.15, 0.2) is 0 Å². The number of fused-ring (bicyclic) bond motifs is 14. The molecule has 1 nitrogen and oxygen atoms in total. The summed E-state index contributed by atoms with van der Waals surface area (Å²) in [7, 11) is 0. The largest absolute Gasteiger partial charge is 0.456 e. The molecule has 0 atom stereocenters. The summed E-state index contributed by atoms with van der Waals surface area (Å²) in [6.07, 6.45) is 0. The second-order valence-corrected chi connectivity index (χ2v) is 13.9. The van der Waals surface area contributed by atoms with Crippen LogP contribution in [0.5, 0.6) is 0 Å². The molecule has 11 rings (SSSR count). The fraction of sp³-hybridized carbons (Fsp3) is 0. The first kappa shape index (κ1) is 26.1. The topological polar surface area (TPSA) is 13.1 Å². The Hall–Kier alpha value is -5.96. The minimum atomic E-state index is 0.910. The fourth-order valence-corrected chi connectivity index (χ4v) is 9.26. The third-order valence-corrected chi connectivity index (χ3v) is 11.5. The van der Waals surface area contributed by atoms with Gasteiger partial charge in [0.2, 0.25) is 0 Å². The van der Waals surface area contributed by atoms with Crippen molar-refractivity contribution < 1.29 is 4.42 Å². The molecule has 0 unspecified atom stereocenters. The van der Waals surface area contributed by atoms with Crippen LogP contribution in [0.4, 0.5) is 0 Å². The Morgan fingerprint density at radius 2 is 0.917 bits per heavy atom. The van der Waals surface area contributed by atoms with E-state index in [0.29, 0.717) is 0 Å². The number of thiophene rings is 1. The zero-order valence-corrected chi connectivity index (χ0v) is 26.6. The zero-order valence-electron chi connectivity index (χ0n) is 25.8. The Morgan fingerprint density at radius 3 is 1.77 bits per heavy atom. The van der Waals surface area contributed by atoms with Crippen molar-refractivity contribution in [1.82, 2.24) is 0 Å². The molecule has 0 amide bonds. The molecule has 2 aromatic heterocycles. The molecule has 0 N–H and O–H groups in total. The van der Waals surface area contributed by atoms with Gasteiger partial charge in [0.05, 0.1) is 0 Å². The van der Waals surface area contributed by atoms with E-state index in [1.807, 2.05) is 11.3 Å². The van der Waals surface area contributed by atoms with Crippen molar-refractivity contribution in [2.24, 2.45) is 0 Å². The van der Waals surface area contributed by atoms with Crippen LogP contribution in [0.15, 0.2) is 162 Å². The van der Waals surface area contributed by atoms with E-state index >= 15 is 0 Å². The molecule has 0 aliphatic heterocycles. The molecule has 0 saturated heterocycles. The SMILES string of the molecule is c1ccc2c(-c3ccc4c(c3)oc3cc(-c5ccc6c(c5)c5ccccc5c5c6ccc6c7ccccc7sc65)ccc34)cccc2c1. The van der Waals surface area contributed by atoms with Crippen LogP contribution in [-0.2, 0) is 0 Å². The first-order valence-electron chi connectivity index (χ1n) is 16.4. The quantitative estimate of drug-likeness (QED) is 0.174. The average Bonchev–Trinajstić information content (AvgIpc) is 3.72. The highest BCUT2D eigenvalue weighted by molar-refractivity contribution is 7.26. The number of hydrogen-bond donors (Lipinski definition) is 0. The lowest BCUT2D eigenvalue weighted by molar-refractivity contribution is 0.669. The van der Waals surface area contributed by atoms with Crippen molar-refractivity contribution in [2.45, 2.75) is 0 Å². The number of hydrogen-bond acceptors (Lipinski definition) is 2. The van der Waals surface area contributed by atoms with Gasteiger partial charge in [-0.1, -0.05) is 121 Å². The van der Waals surface area contributed by atoms with Gasteiger partial charge in [-0.25, -0.2) is 0 Å². The third kappa shape index (κ3) is 3.66. The van der Waals surface area contributed by atoms with Crippen LogP contribution in [0, 0.1) is 0 Å². The van der Waals surface area contributed by atoms with Crippen LogP contribution in [0.3, 0.4) is 0 Å². The molecule has 2 heterocycles. The molecule has 0 saturated carbocycles. The molecule has 0 aliphatic carbocycles. The first-order chi connectivity index (χ1) is 23.8. The van der Waals surface area contributed by atoms with Gasteiger partial charge in [-0.2, -0.15) is 0 Å². The van der Waals surface area contributed by atoms with E-state index in [9.17, 15) is 0 Å². The maximum absolute atomic E-state index is 6.57. The van der Waals surface area contributed by atoms with E-state index in [1.54, 1.807) is 0 Å². The predicted molar refractivity (Wildman–Crippen MR) is 208 cm³/mol. The van der Waals surface area contributed by atoms with Crippen molar-refractivity contribution in [3.05, 3.63) is 158 Å². The Morgan fingerprint density at radius 1 is 0.354 bits per heavy atom. The maximum atomic E-state index is 6.57. The van der Waals surface area contributed by atoms with E-state index in [2.05, 4.69) is 158 Å².